The first-order valence-electron chi connectivity index (χ1n) is 7.43. The number of ether oxygens (including phenoxy) is 1. The van der Waals surface area contributed by atoms with Crippen molar-refractivity contribution in [3.05, 3.63) is 51.9 Å². The van der Waals surface area contributed by atoms with Crippen LogP contribution >= 0.6 is 0 Å². The highest BCUT2D eigenvalue weighted by atomic mass is 16.5. The van der Waals surface area contributed by atoms with E-state index in [0.29, 0.717) is 11.6 Å². The van der Waals surface area contributed by atoms with E-state index >= 15 is 0 Å². The fourth-order valence-corrected chi connectivity index (χ4v) is 2.49. The summed E-state index contributed by atoms with van der Waals surface area (Å²) in [5.41, 5.74) is 2.70. The molecule has 1 aliphatic rings. The summed E-state index contributed by atoms with van der Waals surface area (Å²) in [4.78, 5) is 20.7. The first kappa shape index (κ1) is 14.7. The van der Waals surface area contributed by atoms with Crippen molar-refractivity contribution in [1.29, 1.82) is 0 Å². The lowest BCUT2D eigenvalue weighted by Crippen LogP contribution is -2.35. The van der Waals surface area contributed by atoms with E-state index < -0.39 is 0 Å². The summed E-state index contributed by atoms with van der Waals surface area (Å²) in [6.45, 7) is 6.32. The maximum absolute atomic E-state index is 11.4. The molecule has 1 aliphatic heterocycles. The topological polar surface area (TPSA) is 70.2 Å². The zero-order chi connectivity index (χ0) is 15.4. The third-order valence-electron chi connectivity index (χ3n) is 3.60. The molecule has 0 saturated carbocycles. The van der Waals surface area contributed by atoms with Gasteiger partial charge in [-0.15, -0.1) is 0 Å². The average Bonchev–Trinajstić information content (AvgIpc) is 2.49. The highest BCUT2D eigenvalue weighted by Crippen LogP contribution is 2.15. The molecule has 0 amide bonds. The number of H-pyrrole nitrogens is 1. The Labute approximate surface area is 129 Å². The molecule has 1 saturated heterocycles. The molecule has 1 fully saturated rings. The van der Waals surface area contributed by atoms with Crippen molar-refractivity contribution in [2.45, 2.75) is 13.5 Å². The molecule has 2 heterocycles. The van der Waals surface area contributed by atoms with E-state index in [1.54, 1.807) is 6.92 Å². The Morgan fingerprint density at radius 1 is 1.27 bits per heavy atom. The predicted molar refractivity (Wildman–Crippen MR) is 85.4 cm³/mol. The number of hydrogen-bond acceptors (Lipinski definition) is 5. The minimum absolute atomic E-state index is 0.154. The molecule has 1 aromatic heterocycles. The number of aromatic nitrogens is 2. The number of aryl methyl sites for hydroxylation is 1. The molecule has 0 aliphatic carbocycles. The first-order chi connectivity index (χ1) is 10.7. The van der Waals surface area contributed by atoms with E-state index in [9.17, 15) is 4.79 Å². The van der Waals surface area contributed by atoms with Gasteiger partial charge in [0, 0.05) is 37.1 Å². The van der Waals surface area contributed by atoms with Crippen LogP contribution in [0.1, 0.15) is 11.3 Å². The van der Waals surface area contributed by atoms with Gasteiger partial charge in [-0.1, -0.05) is 12.1 Å². The average molecular weight is 300 g/mol. The number of nitrogens with zero attached hydrogens (tertiary/aromatic N) is 2. The van der Waals surface area contributed by atoms with Gasteiger partial charge in [0.05, 0.1) is 13.2 Å². The summed E-state index contributed by atoms with van der Waals surface area (Å²) in [5.74, 6) is 0.464. The van der Waals surface area contributed by atoms with Crippen molar-refractivity contribution in [1.82, 2.24) is 14.9 Å². The second kappa shape index (κ2) is 6.72. The van der Waals surface area contributed by atoms with Crippen molar-refractivity contribution in [3.63, 3.8) is 0 Å². The van der Waals surface area contributed by atoms with Gasteiger partial charge in [0.15, 0.2) is 0 Å². The minimum Gasteiger partial charge on any atom is -0.379 e. The van der Waals surface area contributed by atoms with Crippen LogP contribution in [0.2, 0.25) is 0 Å². The maximum atomic E-state index is 11.4. The van der Waals surface area contributed by atoms with Crippen LogP contribution in [0.5, 0.6) is 0 Å². The highest BCUT2D eigenvalue weighted by Gasteiger charge is 2.10. The molecule has 2 N–H and O–H groups in total. The van der Waals surface area contributed by atoms with Gasteiger partial charge in [0.2, 0.25) is 5.95 Å². The smallest absolute Gasteiger partial charge is 0.252 e. The summed E-state index contributed by atoms with van der Waals surface area (Å²) in [7, 11) is 0. The number of morpholine rings is 1. The zero-order valence-electron chi connectivity index (χ0n) is 12.6. The molecule has 2 aromatic rings. The van der Waals surface area contributed by atoms with Crippen LogP contribution in [-0.2, 0) is 11.3 Å². The number of aromatic amines is 1. The van der Waals surface area contributed by atoms with Crippen LogP contribution < -0.4 is 10.9 Å². The van der Waals surface area contributed by atoms with E-state index in [-0.39, 0.29) is 5.56 Å². The van der Waals surface area contributed by atoms with Gasteiger partial charge in [0.25, 0.3) is 5.56 Å². The summed E-state index contributed by atoms with van der Waals surface area (Å²) < 4.78 is 5.35. The van der Waals surface area contributed by atoms with Crippen molar-refractivity contribution in [3.8, 4) is 0 Å². The number of benzene rings is 1. The van der Waals surface area contributed by atoms with Gasteiger partial charge in [-0.25, -0.2) is 4.98 Å². The Morgan fingerprint density at radius 3 is 2.68 bits per heavy atom. The molecule has 6 nitrogen and oxygen atoms in total. The van der Waals surface area contributed by atoms with Crippen molar-refractivity contribution >= 4 is 11.6 Å². The fourth-order valence-electron chi connectivity index (χ4n) is 2.49. The second-order valence-electron chi connectivity index (χ2n) is 5.45. The molecule has 0 spiro atoms. The normalized spacial score (nSPS) is 15.7. The highest BCUT2D eigenvalue weighted by molar-refractivity contribution is 5.53. The Hall–Kier alpha value is -2.18. The van der Waals surface area contributed by atoms with Crippen molar-refractivity contribution in [2.24, 2.45) is 0 Å². The molecule has 6 heteroatoms. The Balaban J connectivity index is 1.64. The van der Waals surface area contributed by atoms with Crippen LogP contribution in [0, 0.1) is 6.92 Å². The molecule has 0 unspecified atom stereocenters. The summed E-state index contributed by atoms with van der Waals surface area (Å²) in [6, 6.07) is 9.64. The van der Waals surface area contributed by atoms with Gasteiger partial charge in [-0.2, -0.15) is 0 Å². The van der Waals surface area contributed by atoms with Crippen LogP contribution in [0.15, 0.2) is 35.1 Å². The molecule has 0 atom stereocenters. The summed E-state index contributed by atoms with van der Waals surface area (Å²) in [6.07, 6.45) is 0. The quantitative estimate of drug-likeness (QED) is 0.898. The molecule has 3 rings (SSSR count). The van der Waals surface area contributed by atoms with Crippen molar-refractivity contribution in [2.75, 3.05) is 31.6 Å². The molecule has 0 bridgehead atoms. The summed E-state index contributed by atoms with van der Waals surface area (Å²) in [5, 5.41) is 3.12. The number of anilines is 2. The monoisotopic (exact) mass is 300 g/mol. The molecular formula is C16H20N4O2. The third kappa shape index (κ3) is 3.93. The van der Waals surface area contributed by atoms with E-state index in [1.807, 2.05) is 12.1 Å². The number of hydrogen-bond donors (Lipinski definition) is 2. The SMILES string of the molecule is Cc1cc(=O)[nH]c(Nc2ccc(CN3CCOCC3)cc2)n1. The van der Waals surface area contributed by atoms with E-state index in [1.165, 1.54) is 11.6 Å². The summed E-state index contributed by atoms with van der Waals surface area (Å²) >= 11 is 0. The van der Waals surface area contributed by atoms with Crippen molar-refractivity contribution < 1.29 is 4.74 Å². The number of rotatable bonds is 4. The molecule has 1 aromatic carbocycles. The predicted octanol–water partition coefficient (Wildman–Crippen LogP) is 1.65. The van der Waals surface area contributed by atoms with E-state index in [2.05, 4.69) is 32.3 Å². The van der Waals surface area contributed by atoms with E-state index in [4.69, 9.17) is 4.74 Å². The minimum atomic E-state index is -0.154. The van der Waals surface area contributed by atoms with Gasteiger partial charge in [-0.05, 0) is 24.6 Å². The van der Waals surface area contributed by atoms with E-state index in [0.717, 1.165) is 38.5 Å². The van der Waals surface area contributed by atoms with Crippen LogP contribution in [0.25, 0.3) is 0 Å². The Morgan fingerprint density at radius 2 is 2.00 bits per heavy atom. The molecule has 22 heavy (non-hydrogen) atoms. The second-order valence-corrected chi connectivity index (χ2v) is 5.45. The maximum Gasteiger partial charge on any atom is 0.252 e. The molecule has 116 valence electrons. The first-order valence-corrected chi connectivity index (χ1v) is 7.43. The third-order valence-corrected chi connectivity index (χ3v) is 3.60. The standard InChI is InChI=1S/C16H20N4O2/c1-12-10-15(21)19-16(17-12)18-14-4-2-13(3-5-14)11-20-6-8-22-9-7-20/h2-5,10H,6-9,11H2,1H3,(H2,17,18,19,21). The lowest BCUT2D eigenvalue weighted by atomic mass is 10.2. The fraction of sp³-hybridized carbons (Fsp3) is 0.375. The van der Waals surface area contributed by atoms with Crippen LogP contribution in [0.4, 0.5) is 11.6 Å². The van der Waals surface area contributed by atoms with Gasteiger partial charge >= 0.3 is 0 Å². The van der Waals surface area contributed by atoms with Gasteiger partial charge < -0.3 is 10.1 Å². The number of nitrogens with one attached hydrogen (secondary N) is 2. The molecular weight excluding hydrogens is 280 g/mol. The molecule has 0 radical (unpaired) electrons. The lowest BCUT2D eigenvalue weighted by Gasteiger charge is -2.26. The van der Waals surface area contributed by atoms with Gasteiger partial charge in [0.1, 0.15) is 0 Å². The Bertz CT molecular complexity index is 675. The Kier molecular flexibility index (Phi) is 4.50. The lowest BCUT2D eigenvalue weighted by molar-refractivity contribution is 0.0342. The largest absolute Gasteiger partial charge is 0.379 e. The zero-order valence-corrected chi connectivity index (χ0v) is 12.6. The van der Waals surface area contributed by atoms with Gasteiger partial charge in [-0.3, -0.25) is 14.7 Å². The van der Waals surface area contributed by atoms with Crippen LogP contribution in [-0.4, -0.2) is 41.2 Å². The van der Waals surface area contributed by atoms with Crippen LogP contribution in [0.3, 0.4) is 0 Å².